The largest absolute Gasteiger partial charge is 0.497 e. The maximum Gasteiger partial charge on any atom is 0.317 e. The summed E-state index contributed by atoms with van der Waals surface area (Å²) in [6.07, 6.45) is 5.22. The third-order valence-electron chi connectivity index (χ3n) is 6.46. The van der Waals surface area contributed by atoms with E-state index in [1.807, 2.05) is 24.3 Å². The van der Waals surface area contributed by atoms with Gasteiger partial charge in [-0.2, -0.15) is 0 Å². The highest BCUT2D eigenvalue weighted by atomic mass is 19.1. The smallest absolute Gasteiger partial charge is 0.317 e. The molecule has 31 heavy (non-hydrogen) atoms. The van der Waals surface area contributed by atoms with Crippen LogP contribution in [0.2, 0.25) is 0 Å². The number of amides is 1. The molecular formula is C25H28FNO4. The first kappa shape index (κ1) is 21.3. The third-order valence-corrected chi connectivity index (χ3v) is 6.46. The van der Waals surface area contributed by atoms with Crippen LogP contribution < -0.4 is 10.1 Å². The summed E-state index contributed by atoms with van der Waals surface area (Å²) in [5.41, 5.74) is 0.979. The van der Waals surface area contributed by atoms with E-state index >= 15 is 0 Å². The summed E-state index contributed by atoms with van der Waals surface area (Å²) in [4.78, 5) is 25.6. The molecule has 0 saturated heterocycles. The molecule has 2 aliphatic rings. The van der Waals surface area contributed by atoms with Crippen LogP contribution in [0.1, 0.15) is 55.7 Å². The molecule has 6 heteroatoms. The molecule has 2 aliphatic carbocycles. The molecule has 0 bridgehead atoms. The van der Waals surface area contributed by atoms with Gasteiger partial charge in [0.2, 0.25) is 0 Å². The molecule has 1 N–H and O–H groups in total. The van der Waals surface area contributed by atoms with Gasteiger partial charge in [-0.3, -0.25) is 9.59 Å². The summed E-state index contributed by atoms with van der Waals surface area (Å²) in [6.45, 7) is -0.318. The van der Waals surface area contributed by atoms with E-state index in [1.54, 1.807) is 19.2 Å². The van der Waals surface area contributed by atoms with E-state index in [-0.39, 0.29) is 24.4 Å². The second-order valence-corrected chi connectivity index (χ2v) is 8.53. The van der Waals surface area contributed by atoms with Crippen LogP contribution in [0.5, 0.6) is 5.75 Å². The van der Waals surface area contributed by atoms with E-state index in [0.717, 1.165) is 42.6 Å². The van der Waals surface area contributed by atoms with Crippen molar-refractivity contribution in [3.8, 4) is 5.75 Å². The Morgan fingerprint density at radius 3 is 2.29 bits per heavy atom. The zero-order valence-electron chi connectivity index (χ0n) is 17.7. The van der Waals surface area contributed by atoms with Gasteiger partial charge in [-0.25, -0.2) is 4.39 Å². The number of methoxy groups -OCH3 is 1. The minimum atomic E-state index is -0.792. The summed E-state index contributed by atoms with van der Waals surface area (Å²) in [5.74, 6) is 0.108. The lowest BCUT2D eigenvalue weighted by Crippen LogP contribution is -2.39. The third kappa shape index (κ3) is 4.73. The zero-order chi connectivity index (χ0) is 21.8. The molecule has 1 unspecified atom stereocenters. The Bertz CT molecular complexity index is 916. The molecule has 2 fully saturated rings. The van der Waals surface area contributed by atoms with Crippen molar-refractivity contribution in [1.29, 1.82) is 0 Å². The van der Waals surface area contributed by atoms with Crippen LogP contribution in [0, 0.1) is 11.7 Å². The van der Waals surface area contributed by atoms with E-state index < -0.39 is 11.4 Å². The summed E-state index contributed by atoms with van der Waals surface area (Å²) in [6, 6.07) is 13.6. The topological polar surface area (TPSA) is 64.6 Å². The van der Waals surface area contributed by atoms with Gasteiger partial charge in [-0.1, -0.05) is 37.1 Å². The standard InChI is InChI=1S/C25H28FNO4/c1-30-21-12-6-18(7-13-21)23(17-4-5-17)27-22(28)16-31-24(29)25(14-2-3-15-25)19-8-10-20(26)11-9-19/h6-13,17,23H,2-5,14-16H2,1H3,(H,27,28). The quantitative estimate of drug-likeness (QED) is 0.635. The fourth-order valence-electron chi connectivity index (χ4n) is 4.56. The predicted octanol–water partition coefficient (Wildman–Crippen LogP) is 4.46. The van der Waals surface area contributed by atoms with Gasteiger partial charge < -0.3 is 14.8 Å². The summed E-state index contributed by atoms with van der Waals surface area (Å²) < 4.78 is 24.0. The number of hydrogen-bond donors (Lipinski definition) is 1. The van der Waals surface area contributed by atoms with E-state index in [0.29, 0.717) is 18.8 Å². The van der Waals surface area contributed by atoms with Crippen molar-refractivity contribution >= 4 is 11.9 Å². The number of rotatable bonds is 8. The Balaban J connectivity index is 1.39. The van der Waals surface area contributed by atoms with Crippen molar-refractivity contribution in [3.63, 3.8) is 0 Å². The fourth-order valence-corrected chi connectivity index (χ4v) is 4.56. The molecule has 2 aromatic rings. The lowest BCUT2D eigenvalue weighted by atomic mass is 9.79. The first-order valence-corrected chi connectivity index (χ1v) is 10.9. The van der Waals surface area contributed by atoms with Crippen molar-refractivity contribution in [2.24, 2.45) is 5.92 Å². The maximum atomic E-state index is 13.4. The number of nitrogens with one attached hydrogen (secondary N) is 1. The van der Waals surface area contributed by atoms with Crippen LogP contribution >= 0.6 is 0 Å². The van der Waals surface area contributed by atoms with E-state index in [2.05, 4.69) is 5.32 Å². The number of benzene rings is 2. The molecular weight excluding hydrogens is 397 g/mol. The van der Waals surface area contributed by atoms with Gasteiger partial charge in [0.25, 0.3) is 5.91 Å². The zero-order valence-corrected chi connectivity index (χ0v) is 17.7. The highest BCUT2D eigenvalue weighted by Crippen LogP contribution is 2.43. The van der Waals surface area contributed by atoms with Gasteiger partial charge in [0.1, 0.15) is 11.6 Å². The van der Waals surface area contributed by atoms with E-state index in [9.17, 15) is 14.0 Å². The Labute approximate surface area is 181 Å². The Hall–Kier alpha value is -2.89. The second-order valence-electron chi connectivity index (χ2n) is 8.53. The Morgan fingerprint density at radius 2 is 1.71 bits per heavy atom. The molecule has 4 rings (SSSR count). The number of carbonyl (C=O) groups is 2. The normalized spacial score (nSPS) is 18.3. The molecule has 2 aromatic carbocycles. The van der Waals surface area contributed by atoms with Crippen LogP contribution in [0.3, 0.4) is 0 Å². The molecule has 0 aromatic heterocycles. The second kappa shape index (κ2) is 9.08. The Kier molecular flexibility index (Phi) is 6.25. The summed E-state index contributed by atoms with van der Waals surface area (Å²) in [7, 11) is 1.62. The van der Waals surface area contributed by atoms with Crippen LogP contribution in [-0.4, -0.2) is 25.6 Å². The maximum absolute atomic E-state index is 13.4. The number of hydrogen-bond acceptors (Lipinski definition) is 4. The fraction of sp³-hybridized carbons (Fsp3) is 0.440. The van der Waals surface area contributed by atoms with Crippen molar-refractivity contribution in [2.45, 2.75) is 50.0 Å². The molecule has 164 valence electrons. The molecule has 0 radical (unpaired) electrons. The van der Waals surface area contributed by atoms with Crippen LogP contribution in [0.15, 0.2) is 48.5 Å². The highest BCUT2D eigenvalue weighted by molar-refractivity contribution is 5.87. The molecule has 0 aliphatic heterocycles. The lowest BCUT2D eigenvalue weighted by Gasteiger charge is -2.27. The first-order valence-electron chi connectivity index (χ1n) is 10.9. The van der Waals surface area contributed by atoms with E-state index in [4.69, 9.17) is 9.47 Å². The molecule has 1 amide bonds. The molecule has 1 atom stereocenters. The predicted molar refractivity (Wildman–Crippen MR) is 114 cm³/mol. The minimum absolute atomic E-state index is 0.102. The summed E-state index contributed by atoms with van der Waals surface area (Å²) in [5, 5.41) is 3.03. The van der Waals surface area contributed by atoms with Crippen molar-refractivity contribution < 1.29 is 23.5 Å². The number of carbonyl (C=O) groups excluding carboxylic acids is 2. The van der Waals surface area contributed by atoms with Gasteiger partial charge in [-0.05, 0) is 67.0 Å². The van der Waals surface area contributed by atoms with Crippen molar-refractivity contribution in [1.82, 2.24) is 5.32 Å². The molecule has 0 spiro atoms. The van der Waals surface area contributed by atoms with Crippen LogP contribution in [-0.2, 0) is 19.7 Å². The first-order chi connectivity index (χ1) is 15.0. The molecule has 0 heterocycles. The average Bonchev–Trinajstić information content (AvgIpc) is 3.52. The van der Waals surface area contributed by atoms with E-state index in [1.165, 1.54) is 12.1 Å². The average molecular weight is 426 g/mol. The SMILES string of the molecule is COc1ccc(C(NC(=O)COC(=O)C2(c3ccc(F)cc3)CCCC2)C2CC2)cc1. The van der Waals surface area contributed by atoms with Crippen LogP contribution in [0.4, 0.5) is 4.39 Å². The number of esters is 1. The highest BCUT2D eigenvalue weighted by Gasteiger charge is 2.44. The monoisotopic (exact) mass is 425 g/mol. The number of halogens is 1. The van der Waals surface area contributed by atoms with Gasteiger partial charge >= 0.3 is 5.97 Å². The van der Waals surface area contributed by atoms with Gasteiger partial charge in [0.15, 0.2) is 6.61 Å². The summed E-state index contributed by atoms with van der Waals surface area (Å²) >= 11 is 0. The van der Waals surface area contributed by atoms with Crippen molar-refractivity contribution in [2.75, 3.05) is 13.7 Å². The molecule has 2 saturated carbocycles. The van der Waals surface area contributed by atoms with Crippen molar-refractivity contribution in [3.05, 3.63) is 65.5 Å². The lowest BCUT2D eigenvalue weighted by molar-refractivity contribution is -0.154. The van der Waals surface area contributed by atoms with Gasteiger partial charge in [0.05, 0.1) is 18.6 Å². The minimum Gasteiger partial charge on any atom is -0.497 e. The molecule has 5 nitrogen and oxygen atoms in total. The van der Waals surface area contributed by atoms with Crippen LogP contribution in [0.25, 0.3) is 0 Å². The number of ether oxygens (including phenoxy) is 2. The van der Waals surface area contributed by atoms with Gasteiger partial charge in [0, 0.05) is 0 Å². The Morgan fingerprint density at radius 1 is 1.06 bits per heavy atom. The van der Waals surface area contributed by atoms with Gasteiger partial charge in [-0.15, -0.1) is 0 Å².